The lowest BCUT2D eigenvalue weighted by atomic mass is 10.0. The highest BCUT2D eigenvalue weighted by Gasteiger charge is 2.18. The highest BCUT2D eigenvalue weighted by atomic mass is 35.5. The number of hydrazine groups is 1. The fraction of sp³-hybridized carbons (Fsp3) is 0.125. The molecule has 108 valence electrons. The van der Waals surface area contributed by atoms with E-state index in [0.717, 1.165) is 27.9 Å². The molecule has 5 heteroatoms. The van der Waals surface area contributed by atoms with Crippen molar-refractivity contribution in [1.82, 2.24) is 5.43 Å². The Morgan fingerprint density at radius 2 is 1.81 bits per heavy atom. The summed E-state index contributed by atoms with van der Waals surface area (Å²) in [4.78, 5) is 0. The molecule has 0 aliphatic heterocycles. The number of nitrogens with one attached hydrogen (secondary N) is 1. The van der Waals surface area contributed by atoms with Crippen molar-refractivity contribution < 1.29 is 4.42 Å². The second-order valence-corrected chi connectivity index (χ2v) is 5.82. The lowest BCUT2D eigenvalue weighted by Gasteiger charge is -2.14. The van der Waals surface area contributed by atoms with E-state index in [4.69, 9.17) is 33.5 Å². The van der Waals surface area contributed by atoms with Gasteiger partial charge in [-0.2, -0.15) is 0 Å². The van der Waals surface area contributed by atoms with Crippen molar-refractivity contribution in [3.05, 3.63) is 69.4 Å². The van der Waals surface area contributed by atoms with E-state index < -0.39 is 0 Å². The third kappa shape index (κ3) is 2.78. The van der Waals surface area contributed by atoms with Gasteiger partial charge in [-0.05, 0) is 42.3 Å². The SMILES string of the molecule is Cc1cccc2cc(C(NN)c3cc(Cl)cc(Cl)c3)oc12. The van der Waals surface area contributed by atoms with E-state index in [1.165, 1.54) is 0 Å². The Morgan fingerprint density at radius 1 is 1.10 bits per heavy atom. The number of aryl methyl sites for hydroxylation is 1. The number of benzene rings is 2. The Kier molecular flexibility index (Phi) is 3.91. The maximum atomic E-state index is 6.06. The first kappa shape index (κ1) is 14.4. The number of rotatable bonds is 3. The van der Waals surface area contributed by atoms with Crippen molar-refractivity contribution in [2.24, 2.45) is 5.84 Å². The second kappa shape index (κ2) is 5.70. The van der Waals surface area contributed by atoms with Crippen LogP contribution in [0.4, 0.5) is 0 Å². The maximum Gasteiger partial charge on any atom is 0.137 e. The van der Waals surface area contributed by atoms with Crippen LogP contribution in [0.3, 0.4) is 0 Å². The average molecular weight is 321 g/mol. The molecule has 2 aromatic carbocycles. The molecule has 21 heavy (non-hydrogen) atoms. The van der Waals surface area contributed by atoms with E-state index in [-0.39, 0.29) is 6.04 Å². The first-order valence-electron chi connectivity index (χ1n) is 6.49. The molecule has 0 aliphatic carbocycles. The molecule has 0 aliphatic rings. The lowest BCUT2D eigenvalue weighted by molar-refractivity contribution is 0.476. The Hall–Kier alpha value is -1.52. The molecule has 0 amide bonds. The number of nitrogens with two attached hydrogens (primary N) is 1. The summed E-state index contributed by atoms with van der Waals surface area (Å²) < 4.78 is 5.96. The summed E-state index contributed by atoms with van der Waals surface area (Å²) in [6.07, 6.45) is 0. The number of para-hydroxylation sites is 1. The Balaban J connectivity index is 2.11. The maximum absolute atomic E-state index is 6.06. The molecule has 0 saturated heterocycles. The van der Waals surface area contributed by atoms with Gasteiger partial charge in [-0.3, -0.25) is 5.84 Å². The second-order valence-electron chi connectivity index (χ2n) is 4.94. The molecule has 0 radical (unpaired) electrons. The molecular formula is C16H14Cl2N2O. The smallest absolute Gasteiger partial charge is 0.137 e. The molecule has 1 heterocycles. The van der Waals surface area contributed by atoms with Crippen molar-refractivity contribution in [2.75, 3.05) is 0 Å². The number of furan rings is 1. The summed E-state index contributed by atoms with van der Waals surface area (Å²) >= 11 is 12.1. The summed E-state index contributed by atoms with van der Waals surface area (Å²) in [6.45, 7) is 2.01. The van der Waals surface area contributed by atoms with E-state index >= 15 is 0 Å². The molecule has 1 aromatic heterocycles. The van der Waals surface area contributed by atoms with Crippen LogP contribution in [-0.2, 0) is 0 Å². The molecule has 1 unspecified atom stereocenters. The Bertz CT molecular complexity index is 778. The summed E-state index contributed by atoms with van der Waals surface area (Å²) in [5, 5.41) is 2.16. The molecule has 0 spiro atoms. The van der Waals surface area contributed by atoms with Gasteiger partial charge in [0.05, 0.1) is 0 Å². The van der Waals surface area contributed by atoms with Gasteiger partial charge in [-0.25, -0.2) is 5.43 Å². The molecule has 0 bridgehead atoms. The highest BCUT2D eigenvalue weighted by molar-refractivity contribution is 6.34. The van der Waals surface area contributed by atoms with Crippen molar-refractivity contribution >= 4 is 34.2 Å². The van der Waals surface area contributed by atoms with Crippen molar-refractivity contribution in [3.8, 4) is 0 Å². The number of hydrogen-bond acceptors (Lipinski definition) is 3. The molecule has 3 aromatic rings. The quantitative estimate of drug-likeness (QED) is 0.547. The zero-order valence-electron chi connectivity index (χ0n) is 11.4. The van der Waals surface area contributed by atoms with Crippen molar-refractivity contribution in [3.63, 3.8) is 0 Å². The van der Waals surface area contributed by atoms with Gasteiger partial charge < -0.3 is 4.42 Å². The fourth-order valence-electron chi connectivity index (χ4n) is 2.46. The number of halogens is 2. The largest absolute Gasteiger partial charge is 0.459 e. The topological polar surface area (TPSA) is 51.2 Å². The minimum Gasteiger partial charge on any atom is -0.459 e. The van der Waals surface area contributed by atoms with Crippen LogP contribution < -0.4 is 11.3 Å². The number of fused-ring (bicyclic) bond motifs is 1. The zero-order valence-corrected chi connectivity index (χ0v) is 12.9. The van der Waals surface area contributed by atoms with Crippen LogP contribution in [0.2, 0.25) is 10.0 Å². The molecule has 3 rings (SSSR count). The molecular weight excluding hydrogens is 307 g/mol. The van der Waals surface area contributed by atoms with E-state index in [9.17, 15) is 0 Å². The third-order valence-corrected chi connectivity index (χ3v) is 3.87. The van der Waals surface area contributed by atoms with Crippen LogP contribution in [-0.4, -0.2) is 0 Å². The van der Waals surface area contributed by atoms with E-state index in [0.29, 0.717) is 10.0 Å². The van der Waals surface area contributed by atoms with Gasteiger partial charge in [0.25, 0.3) is 0 Å². The summed E-state index contributed by atoms with van der Waals surface area (Å²) in [7, 11) is 0. The minimum absolute atomic E-state index is 0.312. The van der Waals surface area contributed by atoms with Crippen LogP contribution in [0.25, 0.3) is 11.0 Å². The standard InChI is InChI=1S/C16H14Cl2N2O/c1-9-3-2-4-10-7-14(21-16(9)10)15(20-19)11-5-12(17)8-13(18)6-11/h2-8,15,20H,19H2,1H3. The zero-order chi connectivity index (χ0) is 15.0. The minimum atomic E-state index is -0.312. The Morgan fingerprint density at radius 3 is 2.43 bits per heavy atom. The van der Waals surface area contributed by atoms with Crippen LogP contribution in [0.1, 0.15) is 22.9 Å². The van der Waals surface area contributed by atoms with Gasteiger partial charge in [0.1, 0.15) is 17.4 Å². The van der Waals surface area contributed by atoms with Gasteiger partial charge in [0.2, 0.25) is 0 Å². The van der Waals surface area contributed by atoms with Gasteiger partial charge in [0.15, 0.2) is 0 Å². The van der Waals surface area contributed by atoms with Gasteiger partial charge in [0, 0.05) is 15.4 Å². The lowest BCUT2D eigenvalue weighted by Crippen LogP contribution is -2.28. The van der Waals surface area contributed by atoms with E-state index in [2.05, 4.69) is 5.43 Å². The monoisotopic (exact) mass is 320 g/mol. The first-order valence-corrected chi connectivity index (χ1v) is 7.25. The summed E-state index contributed by atoms with van der Waals surface area (Å²) in [5.74, 6) is 6.42. The van der Waals surface area contributed by atoms with E-state index in [1.807, 2.05) is 43.3 Å². The number of hydrogen-bond donors (Lipinski definition) is 2. The van der Waals surface area contributed by atoms with Gasteiger partial charge in [-0.1, -0.05) is 41.4 Å². The predicted octanol–water partition coefficient (Wildman–Crippen LogP) is 4.60. The van der Waals surface area contributed by atoms with Gasteiger partial charge in [-0.15, -0.1) is 0 Å². The van der Waals surface area contributed by atoms with Crippen molar-refractivity contribution in [2.45, 2.75) is 13.0 Å². The molecule has 0 saturated carbocycles. The van der Waals surface area contributed by atoms with Gasteiger partial charge >= 0.3 is 0 Å². The third-order valence-electron chi connectivity index (χ3n) is 3.43. The normalized spacial score (nSPS) is 12.8. The molecule has 3 nitrogen and oxygen atoms in total. The van der Waals surface area contributed by atoms with E-state index in [1.54, 1.807) is 6.07 Å². The fourth-order valence-corrected chi connectivity index (χ4v) is 3.00. The van der Waals surface area contributed by atoms with Crippen molar-refractivity contribution in [1.29, 1.82) is 0 Å². The highest BCUT2D eigenvalue weighted by Crippen LogP contribution is 2.31. The Labute approximate surface area is 132 Å². The first-order chi connectivity index (χ1) is 10.1. The molecule has 3 N–H and O–H groups in total. The molecule has 0 fully saturated rings. The van der Waals surface area contributed by atoms with Crippen LogP contribution in [0, 0.1) is 6.92 Å². The van der Waals surface area contributed by atoms with Crippen LogP contribution in [0.5, 0.6) is 0 Å². The van der Waals surface area contributed by atoms with Crippen LogP contribution in [0.15, 0.2) is 46.9 Å². The summed E-state index contributed by atoms with van der Waals surface area (Å²) in [6, 6.07) is 13.0. The average Bonchev–Trinajstić information content (AvgIpc) is 2.83. The summed E-state index contributed by atoms with van der Waals surface area (Å²) in [5.41, 5.74) is 5.56. The predicted molar refractivity (Wildman–Crippen MR) is 86.6 cm³/mol. The molecule has 1 atom stereocenters. The van der Waals surface area contributed by atoms with Crippen LogP contribution >= 0.6 is 23.2 Å².